The molecule has 0 aliphatic heterocycles. The number of hydrogen-bond acceptors (Lipinski definition) is 1. The standard InChI is InChI=1S/C38H30B2S/c1-3-4-12-23(2)25-15-11-22-32-35(25)29-19-8-18-28(38(29)41-32)34-26-16-9-20-30(39)36(26)33(24-13-6-5-7-14-24)37-27(34)17-10-21-31(37)40/h3-22H,39-40H2,1-2H3/b4-3-,23-12+. The monoisotopic (exact) mass is 540 g/mol. The highest BCUT2D eigenvalue weighted by Crippen LogP contribution is 2.47. The van der Waals surface area contributed by atoms with Gasteiger partial charge in [0.15, 0.2) is 0 Å². The highest BCUT2D eigenvalue weighted by Gasteiger charge is 2.21. The van der Waals surface area contributed by atoms with Crippen LogP contribution in [0.2, 0.25) is 0 Å². The lowest BCUT2D eigenvalue weighted by molar-refractivity contribution is 1.63. The molecular formula is C38H30B2S. The molecule has 0 radical (unpaired) electrons. The molecule has 0 saturated carbocycles. The van der Waals surface area contributed by atoms with Crippen LogP contribution in [0.5, 0.6) is 0 Å². The van der Waals surface area contributed by atoms with E-state index < -0.39 is 0 Å². The van der Waals surface area contributed by atoms with Gasteiger partial charge in [-0.05, 0) is 69.3 Å². The summed E-state index contributed by atoms with van der Waals surface area (Å²) in [6, 6.07) is 38.2. The quantitative estimate of drug-likeness (QED) is 0.120. The van der Waals surface area contributed by atoms with Crippen LogP contribution in [-0.2, 0) is 0 Å². The number of benzene rings is 6. The first-order valence-electron chi connectivity index (χ1n) is 14.3. The molecule has 0 fully saturated rings. The Morgan fingerprint density at radius 3 is 1.95 bits per heavy atom. The van der Waals surface area contributed by atoms with Gasteiger partial charge in [0.25, 0.3) is 0 Å². The summed E-state index contributed by atoms with van der Waals surface area (Å²) in [7, 11) is 4.52. The summed E-state index contributed by atoms with van der Waals surface area (Å²) in [6.07, 6.45) is 6.44. The molecular weight excluding hydrogens is 510 g/mol. The van der Waals surface area contributed by atoms with Gasteiger partial charge in [0.05, 0.1) is 0 Å². The van der Waals surface area contributed by atoms with Crippen molar-refractivity contribution in [2.24, 2.45) is 0 Å². The molecule has 0 amide bonds. The van der Waals surface area contributed by atoms with E-state index in [0.29, 0.717) is 0 Å². The zero-order valence-corrected chi connectivity index (χ0v) is 24.8. The lowest BCUT2D eigenvalue weighted by atomic mass is 9.76. The largest absolute Gasteiger partial charge is 0.140 e. The maximum absolute atomic E-state index is 2.33. The Bertz CT molecular complexity index is 2120. The van der Waals surface area contributed by atoms with Gasteiger partial charge in [0.1, 0.15) is 15.7 Å². The Morgan fingerprint density at radius 2 is 1.27 bits per heavy atom. The molecule has 0 aliphatic carbocycles. The molecule has 0 atom stereocenters. The highest BCUT2D eigenvalue weighted by atomic mass is 32.1. The summed E-state index contributed by atoms with van der Waals surface area (Å²) >= 11 is 1.92. The van der Waals surface area contributed by atoms with Gasteiger partial charge in [-0.25, -0.2) is 0 Å². The minimum atomic E-state index is 1.27. The number of thiophene rings is 1. The molecule has 1 aromatic heterocycles. The molecule has 0 bridgehead atoms. The van der Waals surface area contributed by atoms with Crippen LogP contribution in [-0.4, -0.2) is 15.7 Å². The van der Waals surface area contributed by atoms with E-state index in [1.54, 1.807) is 0 Å². The van der Waals surface area contributed by atoms with Crippen LogP contribution in [0, 0.1) is 0 Å². The molecule has 3 heteroatoms. The minimum Gasteiger partial charge on any atom is -0.135 e. The first kappa shape index (κ1) is 25.6. The Labute approximate surface area is 247 Å². The summed E-state index contributed by atoms with van der Waals surface area (Å²) < 4.78 is 2.69. The second-order valence-electron chi connectivity index (χ2n) is 10.9. The smallest absolute Gasteiger partial charge is 0.135 e. The number of hydrogen-bond donors (Lipinski definition) is 0. The van der Waals surface area contributed by atoms with E-state index in [9.17, 15) is 0 Å². The van der Waals surface area contributed by atoms with Gasteiger partial charge in [-0.3, -0.25) is 0 Å². The van der Waals surface area contributed by atoms with E-state index in [0.717, 1.165) is 0 Å². The molecule has 194 valence electrons. The molecule has 7 rings (SSSR count). The zero-order valence-electron chi connectivity index (χ0n) is 24.0. The number of fused-ring (bicyclic) bond motifs is 5. The maximum atomic E-state index is 2.33. The molecule has 0 saturated heterocycles. The van der Waals surface area contributed by atoms with Crippen molar-refractivity contribution in [3.05, 3.63) is 127 Å². The molecule has 7 aromatic rings. The summed E-state index contributed by atoms with van der Waals surface area (Å²) in [6.45, 7) is 4.29. The van der Waals surface area contributed by atoms with Gasteiger partial charge in [0, 0.05) is 25.7 Å². The lowest BCUT2D eigenvalue weighted by Crippen LogP contribution is -2.10. The van der Waals surface area contributed by atoms with Crippen molar-refractivity contribution in [3.8, 4) is 22.3 Å². The Morgan fingerprint density at radius 1 is 0.634 bits per heavy atom. The fraction of sp³-hybridized carbons (Fsp3) is 0.0526. The second kappa shape index (κ2) is 10.3. The molecule has 0 aliphatic rings. The predicted molar refractivity (Wildman–Crippen MR) is 190 cm³/mol. The van der Waals surface area contributed by atoms with Crippen molar-refractivity contribution in [1.82, 2.24) is 0 Å². The summed E-state index contributed by atoms with van der Waals surface area (Å²) in [5.41, 5.74) is 10.5. The van der Waals surface area contributed by atoms with E-state index in [1.165, 1.54) is 86.0 Å². The summed E-state index contributed by atoms with van der Waals surface area (Å²) in [5, 5.41) is 8.01. The Kier molecular flexibility index (Phi) is 6.41. The first-order valence-corrected chi connectivity index (χ1v) is 15.1. The normalized spacial score (nSPS) is 12.4. The molecule has 41 heavy (non-hydrogen) atoms. The second-order valence-corrected chi connectivity index (χ2v) is 12.0. The van der Waals surface area contributed by atoms with Gasteiger partial charge < -0.3 is 0 Å². The number of rotatable bonds is 4. The van der Waals surface area contributed by atoms with Gasteiger partial charge in [-0.1, -0.05) is 126 Å². The molecule has 0 N–H and O–H groups in total. The average Bonchev–Trinajstić information content (AvgIpc) is 3.39. The van der Waals surface area contributed by atoms with E-state index >= 15 is 0 Å². The third-order valence-electron chi connectivity index (χ3n) is 8.40. The summed E-state index contributed by atoms with van der Waals surface area (Å²) in [5.74, 6) is 0. The van der Waals surface area contributed by atoms with Crippen LogP contribution in [0.3, 0.4) is 0 Å². The molecule has 0 unspecified atom stereocenters. The van der Waals surface area contributed by atoms with Crippen LogP contribution < -0.4 is 10.9 Å². The predicted octanol–water partition coefficient (Wildman–Crippen LogP) is 8.19. The first-order chi connectivity index (χ1) is 20.1. The third-order valence-corrected chi connectivity index (χ3v) is 9.61. The molecule has 6 aromatic carbocycles. The average molecular weight is 540 g/mol. The van der Waals surface area contributed by atoms with E-state index in [2.05, 4.69) is 151 Å². The minimum absolute atomic E-state index is 1.27. The van der Waals surface area contributed by atoms with Gasteiger partial charge in [-0.2, -0.15) is 0 Å². The topological polar surface area (TPSA) is 0 Å². The Balaban J connectivity index is 1.66. The van der Waals surface area contributed by atoms with Crippen molar-refractivity contribution in [2.75, 3.05) is 0 Å². The van der Waals surface area contributed by atoms with E-state index in [4.69, 9.17) is 0 Å². The summed E-state index contributed by atoms with van der Waals surface area (Å²) in [4.78, 5) is 0. The third kappa shape index (κ3) is 4.07. The highest BCUT2D eigenvalue weighted by molar-refractivity contribution is 7.26. The SMILES string of the molecule is Bc1cccc2c(-c3cccc4c3sc3cccc(/C(C)=C/C=C\C)c34)c3cccc(B)c3c(-c3ccccc3)c12. The van der Waals surface area contributed by atoms with Crippen LogP contribution in [0.15, 0.2) is 121 Å². The van der Waals surface area contributed by atoms with E-state index in [-0.39, 0.29) is 0 Å². The van der Waals surface area contributed by atoms with Crippen LogP contribution in [0.25, 0.3) is 69.5 Å². The van der Waals surface area contributed by atoms with Crippen molar-refractivity contribution in [3.63, 3.8) is 0 Å². The lowest BCUT2D eigenvalue weighted by Gasteiger charge is -2.21. The fourth-order valence-electron chi connectivity index (χ4n) is 6.57. The zero-order chi connectivity index (χ0) is 28.1. The molecule has 0 spiro atoms. The van der Waals surface area contributed by atoms with Gasteiger partial charge in [0.2, 0.25) is 0 Å². The van der Waals surface area contributed by atoms with Crippen molar-refractivity contribution < 1.29 is 0 Å². The molecule has 1 heterocycles. The van der Waals surface area contributed by atoms with E-state index in [1.807, 2.05) is 11.3 Å². The molecule has 0 nitrogen and oxygen atoms in total. The van der Waals surface area contributed by atoms with Crippen molar-refractivity contribution in [2.45, 2.75) is 13.8 Å². The number of allylic oxidation sites excluding steroid dienone is 4. The maximum Gasteiger partial charge on any atom is 0.140 e. The van der Waals surface area contributed by atoms with Crippen LogP contribution in [0.1, 0.15) is 19.4 Å². The van der Waals surface area contributed by atoms with Crippen LogP contribution in [0.4, 0.5) is 0 Å². The van der Waals surface area contributed by atoms with Crippen molar-refractivity contribution in [1.29, 1.82) is 0 Å². The van der Waals surface area contributed by atoms with Gasteiger partial charge >= 0.3 is 0 Å². The van der Waals surface area contributed by atoms with Crippen molar-refractivity contribution >= 4 is 85.2 Å². The fourth-order valence-corrected chi connectivity index (χ4v) is 7.82. The van der Waals surface area contributed by atoms with Gasteiger partial charge in [-0.15, -0.1) is 11.3 Å². The Hall–Kier alpha value is -4.33. The van der Waals surface area contributed by atoms with Crippen LogP contribution >= 0.6 is 11.3 Å².